The highest BCUT2D eigenvalue weighted by Gasteiger charge is 2.17. The summed E-state index contributed by atoms with van der Waals surface area (Å²) in [5, 5.41) is 6.48. The van der Waals surface area contributed by atoms with E-state index in [1.165, 1.54) is 12.1 Å². The van der Waals surface area contributed by atoms with Gasteiger partial charge in [-0.3, -0.25) is 4.79 Å². The number of halogens is 1. The zero-order valence-electron chi connectivity index (χ0n) is 10.2. The Morgan fingerprint density at radius 2 is 2.06 bits per heavy atom. The second kappa shape index (κ2) is 5.00. The van der Waals surface area contributed by atoms with Gasteiger partial charge in [-0.15, -0.1) is 0 Å². The van der Waals surface area contributed by atoms with Gasteiger partial charge in [0, 0.05) is 18.2 Å². The van der Waals surface area contributed by atoms with Crippen LogP contribution in [0.4, 0.5) is 4.39 Å². The van der Waals surface area contributed by atoms with Crippen LogP contribution in [0.25, 0.3) is 11.3 Å². The molecule has 1 N–H and O–H groups in total. The maximum atomic E-state index is 12.9. The standard InChI is InChI=1S/C13H13FN2O2/c1-8-11(7-12(17)15-2)13(16-18-8)9-3-5-10(14)6-4-9/h3-6H,7H2,1-2H3,(H,15,17). The van der Waals surface area contributed by atoms with Crippen molar-refractivity contribution in [1.29, 1.82) is 0 Å². The van der Waals surface area contributed by atoms with Crippen molar-refractivity contribution < 1.29 is 13.7 Å². The van der Waals surface area contributed by atoms with E-state index in [1.54, 1.807) is 26.1 Å². The molecule has 2 rings (SSSR count). The SMILES string of the molecule is CNC(=O)Cc1c(-c2ccc(F)cc2)noc1C. The smallest absolute Gasteiger partial charge is 0.224 e. The van der Waals surface area contributed by atoms with Crippen LogP contribution in [-0.2, 0) is 11.2 Å². The molecular formula is C13H13FN2O2. The van der Waals surface area contributed by atoms with E-state index in [0.717, 1.165) is 11.1 Å². The van der Waals surface area contributed by atoms with Crippen molar-refractivity contribution in [2.24, 2.45) is 0 Å². The van der Waals surface area contributed by atoms with Gasteiger partial charge in [-0.2, -0.15) is 0 Å². The first-order chi connectivity index (χ1) is 8.61. The molecule has 0 atom stereocenters. The molecule has 1 heterocycles. The third-order valence-electron chi connectivity index (χ3n) is 2.72. The molecule has 0 radical (unpaired) electrons. The molecule has 5 heteroatoms. The zero-order valence-corrected chi connectivity index (χ0v) is 10.2. The van der Waals surface area contributed by atoms with E-state index >= 15 is 0 Å². The Bertz CT molecular complexity index is 561. The number of likely N-dealkylation sites (N-methyl/N-ethyl adjacent to an activating group) is 1. The fourth-order valence-corrected chi connectivity index (χ4v) is 1.68. The summed E-state index contributed by atoms with van der Waals surface area (Å²) < 4.78 is 18.0. The number of carbonyl (C=O) groups excluding carboxylic acids is 1. The molecule has 0 aliphatic heterocycles. The van der Waals surface area contributed by atoms with Gasteiger partial charge in [0.1, 0.15) is 17.3 Å². The van der Waals surface area contributed by atoms with Gasteiger partial charge in [0.15, 0.2) is 0 Å². The highest BCUT2D eigenvalue weighted by molar-refractivity contribution is 5.81. The lowest BCUT2D eigenvalue weighted by molar-refractivity contribution is -0.119. The van der Waals surface area contributed by atoms with Gasteiger partial charge in [-0.05, 0) is 31.2 Å². The van der Waals surface area contributed by atoms with Crippen molar-refractivity contribution >= 4 is 5.91 Å². The first-order valence-electron chi connectivity index (χ1n) is 5.53. The van der Waals surface area contributed by atoms with Crippen molar-refractivity contribution in [2.45, 2.75) is 13.3 Å². The van der Waals surface area contributed by atoms with Crippen molar-refractivity contribution in [3.8, 4) is 11.3 Å². The summed E-state index contributed by atoms with van der Waals surface area (Å²) in [6.45, 7) is 1.75. The highest BCUT2D eigenvalue weighted by Crippen LogP contribution is 2.25. The molecule has 2 aromatic rings. The fraction of sp³-hybridized carbons (Fsp3) is 0.231. The minimum atomic E-state index is -0.313. The first-order valence-corrected chi connectivity index (χ1v) is 5.53. The van der Waals surface area contributed by atoms with Crippen LogP contribution in [0.3, 0.4) is 0 Å². The second-order valence-corrected chi connectivity index (χ2v) is 3.92. The van der Waals surface area contributed by atoms with E-state index in [2.05, 4.69) is 10.5 Å². The number of aromatic nitrogens is 1. The number of hydrogen-bond donors (Lipinski definition) is 1. The quantitative estimate of drug-likeness (QED) is 0.904. The molecule has 4 nitrogen and oxygen atoms in total. The minimum absolute atomic E-state index is 0.121. The predicted octanol–water partition coefficient (Wildman–Crippen LogP) is 2.08. The summed E-state index contributed by atoms with van der Waals surface area (Å²) in [4.78, 5) is 11.4. The van der Waals surface area contributed by atoms with Gasteiger partial charge in [0.25, 0.3) is 0 Å². The number of hydrogen-bond acceptors (Lipinski definition) is 3. The third-order valence-corrected chi connectivity index (χ3v) is 2.72. The van der Waals surface area contributed by atoms with Crippen LogP contribution in [0, 0.1) is 12.7 Å². The number of amides is 1. The van der Waals surface area contributed by atoms with Crippen LogP contribution in [0.2, 0.25) is 0 Å². The van der Waals surface area contributed by atoms with Crippen molar-refractivity contribution in [1.82, 2.24) is 10.5 Å². The maximum absolute atomic E-state index is 12.9. The Morgan fingerprint density at radius 3 is 2.67 bits per heavy atom. The second-order valence-electron chi connectivity index (χ2n) is 3.92. The number of benzene rings is 1. The van der Waals surface area contributed by atoms with Crippen molar-refractivity contribution in [2.75, 3.05) is 7.05 Å². The van der Waals surface area contributed by atoms with Crippen molar-refractivity contribution in [3.05, 3.63) is 41.4 Å². The molecule has 0 fully saturated rings. The Labute approximate surface area is 104 Å². The van der Waals surface area contributed by atoms with Gasteiger partial charge < -0.3 is 9.84 Å². The van der Waals surface area contributed by atoms with Gasteiger partial charge in [-0.1, -0.05) is 5.16 Å². The Kier molecular flexibility index (Phi) is 3.41. The molecule has 0 saturated carbocycles. The molecule has 1 aromatic heterocycles. The fourth-order valence-electron chi connectivity index (χ4n) is 1.68. The first kappa shape index (κ1) is 12.3. The number of nitrogens with zero attached hydrogens (tertiary/aromatic N) is 1. The van der Waals surface area contributed by atoms with E-state index in [-0.39, 0.29) is 18.1 Å². The monoisotopic (exact) mass is 248 g/mol. The summed E-state index contributed by atoms with van der Waals surface area (Å²) in [5.74, 6) is 0.161. The van der Waals surface area contributed by atoms with Crippen LogP contribution in [0.15, 0.2) is 28.8 Å². The zero-order chi connectivity index (χ0) is 13.1. The Hall–Kier alpha value is -2.17. The summed E-state index contributed by atoms with van der Waals surface area (Å²) in [7, 11) is 1.57. The lowest BCUT2D eigenvalue weighted by atomic mass is 10.0. The number of aryl methyl sites for hydroxylation is 1. The average molecular weight is 248 g/mol. The predicted molar refractivity (Wildman–Crippen MR) is 64.4 cm³/mol. The van der Waals surface area contributed by atoms with Crippen LogP contribution >= 0.6 is 0 Å². The molecule has 94 valence electrons. The topological polar surface area (TPSA) is 55.1 Å². The lowest BCUT2D eigenvalue weighted by Crippen LogP contribution is -2.20. The summed E-state index contributed by atoms with van der Waals surface area (Å²) in [5.41, 5.74) is 2.03. The maximum Gasteiger partial charge on any atom is 0.224 e. The van der Waals surface area contributed by atoms with E-state index < -0.39 is 0 Å². The van der Waals surface area contributed by atoms with Gasteiger partial charge in [0.05, 0.1) is 6.42 Å². The van der Waals surface area contributed by atoms with E-state index in [9.17, 15) is 9.18 Å². The van der Waals surface area contributed by atoms with Crippen LogP contribution in [-0.4, -0.2) is 18.1 Å². The molecule has 0 saturated heterocycles. The molecule has 0 spiro atoms. The summed E-state index contributed by atoms with van der Waals surface area (Å²) in [6, 6.07) is 5.92. The molecular weight excluding hydrogens is 235 g/mol. The number of carbonyl (C=O) groups is 1. The normalized spacial score (nSPS) is 10.4. The van der Waals surface area contributed by atoms with Crippen molar-refractivity contribution in [3.63, 3.8) is 0 Å². The van der Waals surface area contributed by atoms with Gasteiger partial charge in [-0.25, -0.2) is 4.39 Å². The number of rotatable bonds is 3. The minimum Gasteiger partial charge on any atom is -0.361 e. The van der Waals surface area contributed by atoms with Gasteiger partial charge >= 0.3 is 0 Å². The van der Waals surface area contributed by atoms with E-state index in [4.69, 9.17) is 4.52 Å². The molecule has 0 aliphatic rings. The number of nitrogens with one attached hydrogen (secondary N) is 1. The molecule has 1 aromatic carbocycles. The molecule has 1 amide bonds. The van der Waals surface area contributed by atoms with E-state index in [0.29, 0.717) is 11.5 Å². The van der Waals surface area contributed by atoms with Crippen LogP contribution in [0.5, 0.6) is 0 Å². The Balaban J connectivity index is 2.39. The lowest BCUT2D eigenvalue weighted by Gasteiger charge is -2.02. The average Bonchev–Trinajstić information content (AvgIpc) is 2.72. The third kappa shape index (κ3) is 2.40. The van der Waals surface area contributed by atoms with Crippen LogP contribution < -0.4 is 5.32 Å². The molecule has 0 bridgehead atoms. The van der Waals surface area contributed by atoms with E-state index in [1.807, 2.05) is 0 Å². The summed E-state index contributed by atoms with van der Waals surface area (Å²) >= 11 is 0. The molecule has 0 aliphatic carbocycles. The Morgan fingerprint density at radius 1 is 1.39 bits per heavy atom. The largest absolute Gasteiger partial charge is 0.361 e. The van der Waals surface area contributed by atoms with Gasteiger partial charge in [0.2, 0.25) is 5.91 Å². The molecule has 18 heavy (non-hydrogen) atoms. The molecule has 0 unspecified atom stereocenters. The van der Waals surface area contributed by atoms with Crippen LogP contribution in [0.1, 0.15) is 11.3 Å². The summed E-state index contributed by atoms with van der Waals surface area (Å²) in [6.07, 6.45) is 0.193. The highest BCUT2D eigenvalue weighted by atomic mass is 19.1.